The van der Waals surface area contributed by atoms with E-state index in [1.807, 2.05) is 20.8 Å². The standard InChI is InChI=1S/C8H17O3/c1-6-8(5,9)11-10-7(2,3)4/h6H2,1-5H3. The van der Waals surface area contributed by atoms with E-state index in [0.717, 1.165) is 0 Å². The van der Waals surface area contributed by atoms with Gasteiger partial charge < -0.3 is 0 Å². The molecule has 0 saturated carbocycles. The third-order valence-electron chi connectivity index (χ3n) is 1.11. The smallest absolute Gasteiger partial charge is 0.228 e. The molecular formula is C8H17O3. The van der Waals surface area contributed by atoms with Crippen molar-refractivity contribution in [3.63, 3.8) is 0 Å². The molecule has 0 heterocycles. The van der Waals surface area contributed by atoms with E-state index in [0.29, 0.717) is 6.42 Å². The first kappa shape index (κ1) is 10.9. The molecule has 0 aliphatic heterocycles. The van der Waals surface area contributed by atoms with Crippen molar-refractivity contribution < 1.29 is 14.9 Å². The van der Waals surface area contributed by atoms with Crippen molar-refractivity contribution >= 4 is 0 Å². The summed E-state index contributed by atoms with van der Waals surface area (Å²) in [5.74, 6) is -1.42. The molecule has 0 aromatic heterocycles. The topological polar surface area (TPSA) is 38.4 Å². The maximum atomic E-state index is 11.2. The Morgan fingerprint density at radius 3 is 1.82 bits per heavy atom. The maximum Gasteiger partial charge on any atom is 0.231 e. The average Bonchev–Trinajstić information content (AvgIpc) is 1.83. The van der Waals surface area contributed by atoms with Crippen LogP contribution in [0.25, 0.3) is 0 Å². The Bertz CT molecular complexity index is 113. The highest BCUT2D eigenvalue weighted by Crippen LogP contribution is 2.16. The Kier molecular flexibility index (Phi) is 3.48. The molecule has 0 rings (SSSR count). The second kappa shape index (κ2) is 3.52. The van der Waals surface area contributed by atoms with Crippen LogP contribution < -0.4 is 0 Å². The molecule has 0 aliphatic rings. The van der Waals surface area contributed by atoms with Crippen molar-refractivity contribution in [2.45, 2.75) is 52.4 Å². The first-order valence-corrected chi connectivity index (χ1v) is 3.84. The van der Waals surface area contributed by atoms with Gasteiger partial charge in [0, 0.05) is 6.42 Å². The monoisotopic (exact) mass is 161 g/mol. The summed E-state index contributed by atoms with van der Waals surface area (Å²) in [6, 6.07) is 0. The van der Waals surface area contributed by atoms with Crippen LogP contribution in [-0.4, -0.2) is 11.4 Å². The van der Waals surface area contributed by atoms with E-state index in [-0.39, 0.29) is 0 Å². The van der Waals surface area contributed by atoms with Crippen LogP contribution in [0.3, 0.4) is 0 Å². The van der Waals surface area contributed by atoms with Crippen molar-refractivity contribution in [2.24, 2.45) is 0 Å². The van der Waals surface area contributed by atoms with Gasteiger partial charge in [-0.1, -0.05) is 6.92 Å². The molecular weight excluding hydrogens is 144 g/mol. The number of hydrogen-bond acceptors (Lipinski definition) is 2. The lowest BCUT2D eigenvalue weighted by Crippen LogP contribution is -2.31. The van der Waals surface area contributed by atoms with Gasteiger partial charge in [0.15, 0.2) is 0 Å². The molecule has 0 saturated heterocycles. The van der Waals surface area contributed by atoms with E-state index < -0.39 is 11.4 Å². The van der Waals surface area contributed by atoms with Gasteiger partial charge in [-0.3, -0.25) is 0 Å². The van der Waals surface area contributed by atoms with Crippen LogP contribution in [0.15, 0.2) is 0 Å². The second-order valence-electron chi connectivity index (χ2n) is 3.77. The zero-order chi connectivity index (χ0) is 9.12. The summed E-state index contributed by atoms with van der Waals surface area (Å²) in [6.45, 7) is 8.72. The minimum atomic E-state index is -1.42. The molecule has 67 valence electrons. The molecule has 0 amide bonds. The van der Waals surface area contributed by atoms with Crippen LogP contribution in [-0.2, 0) is 14.9 Å². The molecule has 0 aliphatic carbocycles. The van der Waals surface area contributed by atoms with E-state index in [1.165, 1.54) is 6.92 Å². The van der Waals surface area contributed by atoms with Gasteiger partial charge in [-0.05, 0) is 27.7 Å². The molecule has 0 bridgehead atoms. The SMILES string of the molecule is CCC(C)([O])OOC(C)(C)C. The van der Waals surface area contributed by atoms with Crippen LogP contribution in [0.5, 0.6) is 0 Å². The van der Waals surface area contributed by atoms with Gasteiger partial charge in [0.25, 0.3) is 0 Å². The zero-order valence-corrected chi connectivity index (χ0v) is 7.93. The fraction of sp³-hybridized carbons (Fsp3) is 1.00. The van der Waals surface area contributed by atoms with E-state index in [4.69, 9.17) is 4.89 Å². The maximum absolute atomic E-state index is 11.2. The highest BCUT2D eigenvalue weighted by Gasteiger charge is 2.25. The summed E-state index contributed by atoms with van der Waals surface area (Å²) in [5, 5.41) is 11.2. The minimum absolute atomic E-state index is 0.392. The molecule has 1 unspecified atom stereocenters. The molecule has 1 radical (unpaired) electrons. The number of hydrogen-bond donors (Lipinski definition) is 0. The van der Waals surface area contributed by atoms with Crippen molar-refractivity contribution in [3.05, 3.63) is 0 Å². The first-order valence-electron chi connectivity index (χ1n) is 3.84. The van der Waals surface area contributed by atoms with Crippen molar-refractivity contribution in [3.8, 4) is 0 Å². The van der Waals surface area contributed by atoms with Crippen LogP contribution in [0.2, 0.25) is 0 Å². The second-order valence-corrected chi connectivity index (χ2v) is 3.77. The summed E-state index contributed by atoms with van der Waals surface area (Å²) in [6.07, 6.45) is 0.392. The highest BCUT2D eigenvalue weighted by molar-refractivity contribution is 4.57. The average molecular weight is 161 g/mol. The van der Waals surface area contributed by atoms with Crippen molar-refractivity contribution in [1.82, 2.24) is 0 Å². The van der Waals surface area contributed by atoms with Crippen molar-refractivity contribution in [1.29, 1.82) is 0 Å². The Morgan fingerprint density at radius 1 is 1.09 bits per heavy atom. The third-order valence-corrected chi connectivity index (χ3v) is 1.11. The fourth-order valence-corrected chi connectivity index (χ4v) is 0.272. The first-order chi connectivity index (χ1) is 4.77. The molecule has 1 atom stereocenters. The Labute approximate surface area is 68.2 Å². The van der Waals surface area contributed by atoms with Gasteiger partial charge in [-0.15, -0.1) is 0 Å². The van der Waals surface area contributed by atoms with E-state index in [1.54, 1.807) is 6.92 Å². The molecule has 11 heavy (non-hydrogen) atoms. The van der Waals surface area contributed by atoms with Gasteiger partial charge >= 0.3 is 0 Å². The van der Waals surface area contributed by atoms with Gasteiger partial charge in [0.1, 0.15) is 0 Å². The van der Waals surface area contributed by atoms with Crippen LogP contribution in [0.4, 0.5) is 0 Å². The molecule has 0 aromatic rings. The third kappa shape index (κ3) is 6.28. The molecule has 0 spiro atoms. The predicted octanol–water partition coefficient (Wildman–Crippen LogP) is 2.29. The summed E-state index contributed by atoms with van der Waals surface area (Å²) in [7, 11) is 0. The lowest BCUT2D eigenvalue weighted by molar-refractivity contribution is -0.459. The quantitative estimate of drug-likeness (QED) is 0.362. The summed E-state index contributed by atoms with van der Waals surface area (Å²) >= 11 is 0. The summed E-state index contributed by atoms with van der Waals surface area (Å²) < 4.78 is 0. The lowest BCUT2D eigenvalue weighted by Gasteiger charge is -2.24. The van der Waals surface area contributed by atoms with Crippen molar-refractivity contribution in [2.75, 3.05) is 0 Å². The van der Waals surface area contributed by atoms with Crippen LogP contribution in [0, 0.1) is 0 Å². The largest absolute Gasteiger partial charge is 0.231 e. The molecule has 0 aromatic carbocycles. The molecule has 3 nitrogen and oxygen atoms in total. The Morgan fingerprint density at radius 2 is 1.55 bits per heavy atom. The summed E-state index contributed by atoms with van der Waals surface area (Å²) in [4.78, 5) is 9.56. The minimum Gasteiger partial charge on any atom is -0.228 e. The van der Waals surface area contributed by atoms with E-state index in [2.05, 4.69) is 4.89 Å². The van der Waals surface area contributed by atoms with Gasteiger partial charge in [-0.2, -0.15) is 9.99 Å². The molecule has 0 N–H and O–H groups in total. The van der Waals surface area contributed by atoms with Gasteiger partial charge in [0.05, 0.1) is 5.60 Å². The molecule has 3 heteroatoms. The van der Waals surface area contributed by atoms with E-state index >= 15 is 0 Å². The fourth-order valence-electron chi connectivity index (χ4n) is 0.272. The predicted molar refractivity (Wildman–Crippen MR) is 41.3 cm³/mol. The van der Waals surface area contributed by atoms with Gasteiger partial charge in [-0.25, -0.2) is 4.89 Å². The Hall–Kier alpha value is -0.120. The van der Waals surface area contributed by atoms with Crippen LogP contribution >= 0.6 is 0 Å². The normalized spacial score (nSPS) is 18.0. The number of rotatable bonds is 3. The lowest BCUT2D eigenvalue weighted by atomic mass is 10.2. The Balaban J connectivity index is 3.70. The molecule has 0 fully saturated rings. The summed E-state index contributed by atoms with van der Waals surface area (Å²) in [5.41, 5.74) is -0.416. The zero-order valence-electron chi connectivity index (χ0n) is 7.93. The van der Waals surface area contributed by atoms with Gasteiger partial charge in [0.2, 0.25) is 5.79 Å². The highest BCUT2D eigenvalue weighted by atomic mass is 17.2. The van der Waals surface area contributed by atoms with E-state index in [9.17, 15) is 5.11 Å². The van der Waals surface area contributed by atoms with Crippen LogP contribution in [0.1, 0.15) is 41.0 Å².